The molecule has 2 aromatic rings. The van der Waals surface area contributed by atoms with E-state index in [0.717, 1.165) is 0 Å². The quantitative estimate of drug-likeness (QED) is 0.575. The van der Waals surface area contributed by atoms with Crippen LogP contribution in [0.5, 0.6) is 0 Å². The highest BCUT2D eigenvalue weighted by Gasteiger charge is 2.31. The van der Waals surface area contributed by atoms with Crippen LogP contribution in [0.25, 0.3) is 0 Å². The van der Waals surface area contributed by atoms with E-state index in [1.807, 2.05) is 42.1 Å². The van der Waals surface area contributed by atoms with Crippen LogP contribution in [0, 0.1) is 0 Å². The lowest BCUT2D eigenvalue weighted by molar-refractivity contribution is 1.73. The summed E-state index contributed by atoms with van der Waals surface area (Å²) in [5.41, 5.74) is 1.92. The van der Waals surface area contributed by atoms with Gasteiger partial charge in [0.15, 0.2) is 0 Å². The first kappa shape index (κ1) is 11.2. The topological polar surface area (TPSA) is 0 Å². The Morgan fingerprint density at radius 2 is 1.19 bits per heavy atom. The van der Waals surface area contributed by atoms with E-state index in [0.29, 0.717) is 0 Å². The fraction of sp³-hybridized carbons (Fsp3) is 0. The summed E-state index contributed by atoms with van der Waals surface area (Å²) < 4.78 is 0. The lowest BCUT2D eigenvalue weighted by Gasteiger charge is -2.21. The smallest absolute Gasteiger partial charge is 0.149 e. The Labute approximate surface area is 102 Å². The van der Waals surface area contributed by atoms with Crippen LogP contribution < -0.4 is 10.4 Å². The summed E-state index contributed by atoms with van der Waals surface area (Å²) in [5.74, 6) is 0. The molecule has 0 atom stereocenters. The molecule has 0 heterocycles. The van der Waals surface area contributed by atoms with E-state index in [1.165, 1.54) is 10.4 Å². The van der Waals surface area contributed by atoms with Crippen LogP contribution in [-0.2, 0) is 0 Å². The van der Waals surface area contributed by atoms with Gasteiger partial charge in [-0.3, -0.25) is 0 Å². The van der Waals surface area contributed by atoms with Crippen molar-refractivity contribution in [2.24, 2.45) is 0 Å². The van der Waals surface area contributed by atoms with E-state index in [2.05, 4.69) is 30.8 Å². The van der Waals surface area contributed by atoms with Crippen LogP contribution in [0.2, 0.25) is 0 Å². The van der Waals surface area contributed by atoms with Crippen molar-refractivity contribution in [2.45, 2.75) is 0 Å². The molecule has 0 amide bonds. The highest BCUT2D eigenvalue weighted by molar-refractivity contribution is 7.36. The lowest BCUT2D eigenvalue weighted by Crippen LogP contribution is -2.51. The van der Waals surface area contributed by atoms with Gasteiger partial charge in [0.2, 0.25) is 7.38 Å². The van der Waals surface area contributed by atoms with Crippen LogP contribution in [0.15, 0.2) is 72.9 Å². The van der Waals surface area contributed by atoms with Crippen molar-refractivity contribution in [1.29, 1.82) is 0 Å². The second-order valence-electron chi connectivity index (χ2n) is 3.65. The van der Waals surface area contributed by atoms with E-state index in [1.54, 1.807) is 0 Å². The minimum absolute atomic E-state index is 1.18. The summed E-state index contributed by atoms with van der Waals surface area (Å²) in [6, 6.07) is 20.4. The Hall–Kier alpha value is -1.31. The van der Waals surface area contributed by atoms with Crippen molar-refractivity contribution < 1.29 is 0 Å². The number of rotatable bonds is 3. The predicted molar refractivity (Wildman–Crippen MR) is 74.0 cm³/mol. The average Bonchev–Trinajstić information content (AvgIpc) is 2.40. The minimum Gasteiger partial charge on any atom is -0.149 e. The SMILES string of the molecule is C=C[Si](Cl)(c1ccccc1)c1ccccc1. The fourth-order valence-corrected chi connectivity index (χ4v) is 4.68. The highest BCUT2D eigenvalue weighted by atomic mass is 35.6. The van der Waals surface area contributed by atoms with E-state index in [9.17, 15) is 0 Å². The first-order chi connectivity index (χ1) is 7.77. The molecule has 0 radical (unpaired) electrons. The summed E-state index contributed by atoms with van der Waals surface area (Å²) >= 11 is 6.80. The maximum atomic E-state index is 6.80. The zero-order valence-electron chi connectivity index (χ0n) is 8.94. The Morgan fingerprint density at radius 1 is 0.812 bits per heavy atom. The summed E-state index contributed by atoms with van der Waals surface area (Å²) in [7, 11) is -2.24. The maximum Gasteiger partial charge on any atom is 0.240 e. The molecule has 0 saturated carbocycles. The molecule has 2 rings (SSSR count). The van der Waals surface area contributed by atoms with Crippen molar-refractivity contribution in [3.05, 3.63) is 72.9 Å². The van der Waals surface area contributed by atoms with Gasteiger partial charge >= 0.3 is 0 Å². The maximum absolute atomic E-state index is 6.80. The van der Waals surface area contributed by atoms with Crippen LogP contribution in [0.3, 0.4) is 0 Å². The number of hydrogen-bond acceptors (Lipinski definition) is 0. The van der Waals surface area contributed by atoms with Crippen molar-refractivity contribution in [1.82, 2.24) is 0 Å². The van der Waals surface area contributed by atoms with Crippen molar-refractivity contribution >= 4 is 28.8 Å². The zero-order chi connectivity index (χ0) is 11.4. The summed E-state index contributed by atoms with van der Waals surface area (Å²) in [5, 5.41) is 2.36. The molecule has 2 heteroatoms. The van der Waals surface area contributed by atoms with E-state index < -0.39 is 7.38 Å². The molecule has 0 fully saturated rings. The van der Waals surface area contributed by atoms with Gasteiger partial charge in [-0.25, -0.2) is 0 Å². The van der Waals surface area contributed by atoms with E-state index in [-0.39, 0.29) is 0 Å². The first-order valence-electron chi connectivity index (χ1n) is 5.21. The zero-order valence-corrected chi connectivity index (χ0v) is 10.7. The predicted octanol–water partition coefficient (Wildman–Crippen LogP) is 2.71. The van der Waals surface area contributed by atoms with Gasteiger partial charge < -0.3 is 0 Å². The molecule has 0 unspecified atom stereocenters. The molecular formula is C14H13ClSi. The van der Waals surface area contributed by atoms with Gasteiger partial charge in [0.1, 0.15) is 0 Å². The van der Waals surface area contributed by atoms with Gasteiger partial charge in [-0.1, -0.05) is 66.4 Å². The summed E-state index contributed by atoms with van der Waals surface area (Å²) in [4.78, 5) is 0. The fourth-order valence-electron chi connectivity index (χ4n) is 1.76. The molecule has 0 spiro atoms. The second kappa shape index (κ2) is 4.68. The Bertz CT molecular complexity index is 425. The Kier molecular flexibility index (Phi) is 3.27. The molecule has 80 valence electrons. The molecule has 16 heavy (non-hydrogen) atoms. The van der Waals surface area contributed by atoms with Crippen molar-refractivity contribution in [2.75, 3.05) is 0 Å². The molecule has 0 saturated heterocycles. The van der Waals surface area contributed by atoms with Crippen LogP contribution in [0.1, 0.15) is 0 Å². The highest BCUT2D eigenvalue weighted by Crippen LogP contribution is 2.11. The molecule has 0 N–H and O–H groups in total. The monoisotopic (exact) mass is 244 g/mol. The third-order valence-corrected chi connectivity index (χ3v) is 7.35. The number of benzene rings is 2. The third kappa shape index (κ3) is 1.97. The molecule has 0 aliphatic carbocycles. The molecule has 0 bridgehead atoms. The van der Waals surface area contributed by atoms with Crippen LogP contribution >= 0.6 is 11.1 Å². The largest absolute Gasteiger partial charge is 0.240 e. The second-order valence-corrected chi connectivity index (χ2v) is 8.42. The number of hydrogen-bond donors (Lipinski definition) is 0. The molecule has 0 aromatic heterocycles. The molecule has 0 nitrogen and oxygen atoms in total. The molecule has 0 aliphatic heterocycles. The Morgan fingerprint density at radius 3 is 1.50 bits per heavy atom. The first-order valence-corrected chi connectivity index (χ1v) is 8.30. The summed E-state index contributed by atoms with van der Waals surface area (Å²) in [6.45, 7) is 3.92. The van der Waals surface area contributed by atoms with Crippen LogP contribution in [0.4, 0.5) is 0 Å². The van der Waals surface area contributed by atoms with Gasteiger partial charge in [-0.2, -0.15) is 0 Å². The molecule has 2 aromatic carbocycles. The van der Waals surface area contributed by atoms with Gasteiger partial charge in [0.05, 0.1) is 0 Å². The standard InChI is InChI=1S/C14H13ClSi/c1-2-16(15,13-9-5-3-6-10-13)14-11-7-4-8-12-14/h2-12H,1H2. The van der Waals surface area contributed by atoms with Gasteiger partial charge in [0, 0.05) is 0 Å². The lowest BCUT2D eigenvalue weighted by atomic mass is 10.4. The van der Waals surface area contributed by atoms with E-state index >= 15 is 0 Å². The van der Waals surface area contributed by atoms with Gasteiger partial charge in [0.25, 0.3) is 0 Å². The van der Waals surface area contributed by atoms with Crippen molar-refractivity contribution in [3.63, 3.8) is 0 Å². The molecule has 0 aliphatic rings. The Balaban J connectivity index is 2.53. The third-order valence-electron chi connectivity index (χ3n) is 2.67. The minimum atomic E-state index is -2.24. The number of halogens is 1. The van der Waals surface area contributed by atoms with Gasteiger partial charge in [-0.15, -0.1) is 17.7 Å². The summed E-state index contributed by atoms with van der Waals surface area (Å²) in [6.07, 6.45) is 0. The van der Waals surface area contributed by atoms with Crippen LogP contribution in [-0.4, -0.2) is 7.38 Å². The van der Waals surface area contributed by atoms with E-state index in [4.69, 9.17) is 11.1 Å². The van der Waals surface area contributed by atoms with Gasteiger partial charge in [-0.05, 0) is 10.4 Å². The average molecular weight is 245 g/mol. The molecular weight excluding hydrogens is 232 g/mol. The van der Waals surface area contributed by atoms with Crippen molar-refractivity contribution in [3.8, 4) is 0 Å². The normalized spacial score (nSPS) is 11.1.